The maximum Gasteiger partial charge on any atom is 0.264 e. The van der Waals surface area contributed by atoms with Crippen molar-refractivity contribution >= 4 is 28.1 Å². The largest absolute Gasteiger partial charge is 0.331 e. The van der Waals surface area contributed by atoms with Crippen molar-refractivity contribution in [3.05, 3.63) is 61.8 Å². The topological polar surface area (TPSA) is 66.1 Å². The quantitative estimate of drug-likeness (QED) is 0.697. The summed E-state index contributed by atoms with van der Waals surface area (Å²) in [4.78, 5) is 36.6. The summed E-state index contributed by atoms with van der Waals surface area (Å²) in [6.45, 7) is 2.82. The number of aromatic amines is 1. The van der Waals surface area contributed by atoms with E-state index in [0.29, 0.717) is 29.8 Å². The number of rotatable bonds is 4. The average Bonchev–Trinajstić information content (AvgIpc) is 2.96. The fourth-order valence-electron chi connectivity index (χ4n) is 3.65. The summed E-state index contributed by atoms with van der Waals surface area (Å²) in [5, 5.41) is 0.567. The molecule has 1 aliphatic carbocycles. The van der Waals surface area contributed by atoms with Gasteiger partial charge in [0.1, 0.15) is 5.82 Å². The van der Waals surface area contributed by atoms with Gasteiger partial charge >= 0.3 is 0 Å². The van der Waals surface area contributed by atoms with Gasteiger partial charge < -0.3 is 9.88 Å². The molecule has 0 fully saturated rings. The van der Waals surface area contributed by atoms with Gasteiger partial charge in [-0.15, -0.1) is 11.3 Å². The van der Waals surface area contributed by atoms with Crippen LogP contribution in [0, 0.1) is 0 Å². The van der Waals surface area contributed by atoms with Crippen LogP contribution >= 0.6 is 11.3 Å². The Hall–Kier alpha value is -2.47. The Kier molecular flexibility index (Phi) is 5.07. The number of fused-ring (bicyclic) bond motifs is 2. The lowest BCUT2D eigenvalue weighted by Gasteiger charge is -2.19. The number of carbonyl (C=O) groups excluding carboxylic acids is 1. The first-order chi connectivity index (χ1) is 13.2. The van der Waals surface area contributed by atoms with Gasteiger partial charge in [0.15, 0.2) is 0 Å². The fraction of sp³-hybridized carbons (Fsp3) is 0.381. The highest BCUT2D eigenvalue weighted by atomic mass is 32.1. The zero-order valence-corrected chi connectivity index (χ0v) is 16.3. The molecule has 1 N–H and O–H groups in total. The molecule has 1 aromatic carbocycles. The highest BCUT2D eigenvalue weighted by Crippen LogP contribution is 2.30. The van der Waals surface area contributed by atoms with Crippen LogP contribution in [0.1, 0.15) is 52.1 Å². The fourth-order valence-corrected chi connectivity index (χ4v) is 4.87. The van der Waals surface area contributed by atoms with Gasteiger partial charge in [-0.25, -0.2) is 4.98 Å². The smallest absolute Gasteiger partial charge is 0.264 e. The molecule has 1 aliphatic rings. The first-order valence-corrected chi connectivity index (χ1v) is 10.4. The number of hydrogen-bond donors (Lipinski definition) is 1. The van der Waals surface area contributed by atoms with E-state index in [4.69, 9.17) is 0 Å². The number of nitrogens with one attached hydrogen (secondary N) is 1. The summed E-state index contributed by atoms with van der Waals surface area (Å²) in [5.41, 5.74) is 1.83. The molecule has 5 nitrogen and oxygen atoms in total. The molecule has 1 amide bonds. The van der Waals surface area contributed by atoms with Crippen molar-refractivity contribution in [3.63, 3.8) is 0 Å². The summed E-state index contributed by atoms with van der Waals surface area (Å²) in [7, 11) is 0. The summed E-state index contributed by atoms with van der Waals surface area (Å²) in [6.07, 6.45) is 5.84. The van der Waals surface area contributed by atoms with Crippen LogP contribution in [-0.2, 0) is 19.4 Å². The number of carbonyl (C=O) groups is 1. The molecule has 0 radical (unpaired) electrons. The number of aromatic nitrogens is 2. The summed E-state index contributed by atoms with van der Waals surface area (Å²) in [5.74, 6) is 0.540. The van der Waals surface area contributed by atoms with Crippen LogP contribution in [0.25, 0.3) is 10.9 Å². The van der Waals surface area contributed by atoms with E-state index in [-0.39, 0.29) is 11.5 Å². The number of thiophene rings is 1. The number of aryl methyl sites for hydroxylation is 2. The molecule has 0 bridgehead atoms. The van der Waals surface area contributed by atoms with E-state index in [1.165, 1.54) is 29.7 Å². The van der Waals surface area contributed by atoms with E-state index >= 15 is 0 Å². The molecule has 0 atom stereocenters. The minimum atomic E-state index is -0.165. The third kappa shape index (κ3) is 3.67. The van der Waals surface area contributed by atoms with Gasteiger partial charge in [-0.05, 0) is 56.4 Å². The van der Waals surface area contributed by atoms with E-state index in [1.54, 1.807) is 22.3 Å². The molecule has 140 valence electrons. The zero-order valence-electron chi connectivity index (χ0n) is 15.5. The monoisotopic (exact) mass is 381 g/mol. The number of amides is 1. The molecule has 0 spiro atoms. The maximum absolute atomic E-state index is 13.0. The molecular formula is C21H23N3O2S. The Morgan fingerprint density at radius 2 is 2.04 bits per heavy atom. The molecule has 2 aromatic heterocycles. The van der Waals surface area contributed by atoms with Crippen LogP contribution in [0.3, 0.4) is 0 Å². The lowest BCUT2D eigenvalue weighted by Crippen LogP contribution is -2.31. The summed E-state index contributed by atoms with van der Waals surface area (Å²) < 4.78 is 0. The summed E-state index contributed by atoms with van der Waals surface area (Å²) >= 11 is 1.63. The molecule has 0 aliphatic heterocycles. The van der Waals surface area contributed by atoms with Gasteiger partial charge in [0.05, 0.1) is 22.3 Å². The van der Waals surface area contributed by atoms with Crippen LogP contribution in [-0.4, -0.2) is 27.3 Å². The lowest BCUT2D eigenvalue weighted by molar-refractivity contribution is 0.0753. The number of para-hydroxylation sites is 1. The van der Waals surface area contributed by atoms with Crippen LogP contribution in [0.2, 0.25) is 0 Å². The van der Waals surface area contributed by atoms with Crippen molar-refractivity contribution in [2.75, 3.05) is 6.54 Å². The SMILES string of the molecule is CCN(Cc1nc2ccccc2c(=O)[nH]1)C(=O)c1cc2c(s1)CCCCC2. The normalized spacial score (nSPS) is 14.0. The predicted octanol–water partition coefficient (Wildman–Crippen LogP) is 3.92. The third-order valence-corrected chi connectivity index (χ3v) is 6.35. The van der Waals surface area contributed by atoms with E-state index < -0.39 is 0 Å². The Balaban J connectivity index is 1.59. The van der Waals surface area contributed by atoms with Crippen molar-refractivity contribution in [2.24, 2.45) is 0 Å². The second kappa shape index (κ2) is 7.64. The van der Waals surface area contributed by atoms with E-state index in [2.05, 4.69) is 16.0 Å². The zero-order chi connectivity index (χ0) is 18.8. The molecule has 27 heavy (non-hydrogen) atoms. The molecule has 0 unspecified atom stereocenters. The molecule has 2 heterocycles. The van der Waals surface area contributed by atoms with Crippen LogP contribution in [0.15, 0.2) is 35.1 Å². The van der Waals surface area contributed by atoms with Gasteiger partial charge in [0, 0.05) is 11.4 Å². The van der Waals surface area contributed by atoms with Crippen molar-refractivity contribution in [1.82, 2.24) is 14.9 Å². The third-order valence-electron chi connectivity index (χ3n) is 5.13. The van der Waals surface area contributed by atoms with E-state index in [9.17, 15) is 9.59 Å². The standard InChI is InChI=1S/C21H23N3O2S/c1-2-24(13-19-22-16-10-7-6-9-15(16)20(25)23-19)21(26)18-12-14-8-4-3-5-11-17(14)27-18/h6-7,9-10,12H,2-5,8,11,13H2,1H3,(H,22,23,25). The Morgan fingerprint density at radius 3 is 2.89 bits per heavy atom. The van der Waals surface area contributed by atoms with E-state index in [1.807, 2.05) is 25.1 Å². The second-order valence-electron chi connectivity index (χ2n) is 6.97. The minimum Gasteiger partial charge on any atom is -0.331 e. The van der Waals surface area contributed by atoms with Gasteiger partial charge in [-0.3, -0.25) is 9.59 Å². The molecule has 6 heteroatoms. The van der Waals surface area contributed by atoms with Gasteiger partial charge in [-0.2, -0.15) is 0 Å². The Bertz CT molecular complexity index is 1010. The molecule has 0 saturated carbocycles. The van der Waals surface area contributed by atoms with Crippen LogP contribution in [0.4, 0.5) is 0 Å². The molecule has 3 aromatic rings. The first-order valence-electron chi connectivity index (χ1n) is 9.54. The number of nitrogens with zero attached hydrogens (tertiary/aromatic N) is 2. The van der Waals surface area contributed by atoms with Crippen LogP contribution < -0.4 is 5.56 Å². The second-order valence-corrected chi connectivity index (χ2v) is 8.11. The highest BCUT2D eigenvalue weighted by Gasteiger charge is 2.21. The van der Waals surface area contributed by atoms with Crippen molar-refractivity contribution < 1.29 is 4.79 Å². The number of benzene rings is 1. The summed E-state index contributed by atoms with van der Waals surface area (Å²) in [6, 6.07) is 9.34. The number of hydrogen-bond acceptors (Lipinski definition) is 4. The predicted molar refractivity (Wildman–Crippen MR) is 108 cm³/mol. The molecule has 4 rings (SSSR count). The first kappa shape index (κ1) is 17.9. The number of H-pyrrole nitrogens is 1. The van der Waals surface area contributed by atoms with Crippen molar-refractivity contribution in [3.8, 4) is 0 Å². The van der Waals surface area contributed by atoms with E-state index in [0.717, 1.165) is 17.7 Å². The maximum atomic E-state index is 13.0. The van der Waals surface area contributed by atoms with Gasteiger partial charge in [0.25, 0.3) is 11.5 Å². The van der Waals surface area contributed by atoms with Crippen molar-refractivity contribution in [1.29, 1.82) is 0 Å². The van der Waals surface area contributed by atoms with Gasteiger partial charge in [0.2, 0.25) is 0 Å². The molecule has 0 saturated heterocycles. The van der Waals surface area contributed by atoms with Crippen LogP contribution in [0.5, 0.6) is 0 Å². The Morgan fingerprint density at radius 1 is 1.22 bits per heavy atom. The highest BCUT2D eigenvalue weighted by molar-refractivity contribution is 7.14. The van der Waals surface area contributed by atoms with Gasteiger partial charge in [-0.1, -0.05) is 18.6 Å². The minimum absolute atomic E-state index is 0.0198. The lowest BCUT2D eigenvalue weighted by atomic mass is 10.1. The Labute approximate surface area is 162 Å². The average molecular weight is 382 g/mol. The molecular weight excluding hydrogens is 358 g/mol. The van der Waals surface area contributed by atoms with Crippen molar-refractivity contribution in [2.45, 2.75) is 45.6 Å².